The zero-order chi connectivity index (χ0) is 24.8. The molecule has 2 N–H and O–H groups in total. The lowest BCUT2D eigenvalue weighted by Crippen LogP contribution is -2.28. The molecule has 1 aliphatic heterocycles. The second kappa shape index (κ2) is 11.3. The first kappa shape index (κ1) is 24.6. The molecule has 35 heavy (non-hydrogen) atoms. The van der Waals surface area contributed by atoms with Crippen LogP contribution in [-0.4, -0.2) is 50.7 Å². The maximum atomic E-state index is 12.8. The highest BCUT2D eigenvalue weighted by atomic mass is 35.5. The van der Waals surface area contributed by atoms with Crippen LogP contribution in [0.3, 0.4) is 0 Å². The molecule has 1 aromatic carbocycles. The average Bonchev–Trinajstić information content (AvgIpc) is 3.34. The van der Waals surface area contributed by atoms with Crippen LogP contribution < -0.4 is 10.6 Å². The number of esters is 1. The van der Waals surface area contributed by atoms with Crippen LogP contribution in [0, 0.1) is 6.92 Å². The summed E-state index contributed by atoms with van der Waals surface area (Å²) in [7, 11) is 0. The third-order valence-corrected chi connectivity index (χ3v) is 5.99. The number of imidazole rings is 1. The van der Waals surface area contributed by atoms with Crippen molar-refractivity contribution in [3.8, 4) is 5.82 Å². The first-order valence-electron chi connectivity index (χ1n) is 11.3. The van der Waals surface area contributed by atoms with Gasteiger partial charge in [0.25, 0.3) is 5.91 Å². The van der Waals surface area contributed by atoms with Gasteiger partial charge >= 0.3 is 5.97 Å². The fraction of sp³-hybridized carbons (Fsp3) is 0.375. The molecule has 0 unspecified atom stereocenters. The number of nitrogens with one attached hydrogen (secondary N) is 2. The van der Waals surface area contributed by atoms with Gasteiger partial charge in [0.2, 0.25) is 5.95 Å². The second-order valence-corrected chi connectivity index (χ2v) is 8.65. The molecule has 11 heteroatoms. The summed E-state index contributed by atoms with van der Waals surface area (Å²) in [6.07, 6.45) is 6.72. The van der Waals surface area contributed by atoms with Gasteiger partial charge in [-0.05, 0) is 31.4 Å². The van der Waals surface area contributed by atoms with Gasteiger partial charge in [0.05, 0.1) is 0 Å². The Bertz CT molecular complexity index is 1210. The van der Waals surface area contributed by atoms with E-state index in [4.69, 9.17) is 21.1 Å². The minimum absolute atomic E-state index is 0.0338. The van der Waals surface area contributed by atoms with E-state index in [1.54, 1.807) is 35.4 Å². The van der Waals surface area contributed by atoms with Crippen molar-refractivity contribution in [3.05, 3.63) is 64.3 Å². The zero-order valence-electron chi connectivity index (χ0n) is 19.6. The first-order chi connectivity index (χ1) is 16.9. The maximum absolute atomic E-state index is 12.8. The minimum Gasteiger partial charge on any atom is -0.461 e. The summed E-state index contributed by atoms with van der Waals surface area (Å²) >= 11 is 6.26. The molecule has 0 bridgehead atoms. The van der Waals surface area contributed by atoms with Crippen molar-refractivity contribution in [3.63, 3.8) is 0 Å². The van der Waals surface area contributed by atoms with E-state index in [0.717, 1.165) is 37.2 Å². The molecule has 1 fully saturated rings. The summed E-state index contributed by atoms with van der Waals surface area (Å²) in [6.45, 7) is 4.91. The van der Waals surface area contributed by atoms with Crippen molar-refractivity contribution in [2.75, 3.05) is 18.5 Å². The Morgan fingerprint density at radius 1 is 1.26 bits per heavy atom. The van der Waals surface area contributed by atoms with Crippen LogP contribution in [0.2, 0.25) is 5.02 Å². The van der Waals surface area contributed by atoms with E-state index < -0.39 is 5.97 Å². The van der Waals surface area contributed by atoms with Crippen LogP contribution in [0.4, 0.5) is 5.95 Å². The quantitative estimate of drug-likeness (QED) is 0.454. The molecule has 1 saturated heterocycles. The third-order valence-electron chi connectivity index (χ3n) is 5.63. The standard InChI is InChI=1S/C24H27ClN6O4/c1-15-10-27-24(29-18-6-8-34-9-7-18)30-22(15)31-12-21(28-14-31)23(33)26-11-17-4-3-5-20(25)19(17)13-35-16(2)32/h3-5,10,12,14,18H,6-9,11,13H2,1-2H3,(H,26,33)(H,27,29,30). The lowest BCUT2D eigenvalue weighted by atomic mass is 10.1. The Labute approximate surface area is 208 Å². The van der Waals surface area contributed by atoms with Crippen molar-refractivity contribution in [1.29, 1.82) is 0 Å². The molecule has 0 atom stereocenters. The SMILES string of the molecule is CC(=O)OCc1c(Cl)cccc1CNC(=O)c1cn(-c2nc(NC3CCOCC3)ncc2C)cn1. The zero-order valence-corrected chi connectivity index (χ0v) is 20.3. The van der Waals surface area contributed by atoms with Crippen molar-refractivity contribution in [2.24, 2.45) is 0 Å². The largest absolute Gasteiger partial charge is 0.461 e. The summed E-state index contributed by atoms with van der Waals surface area (Å²) in [5.74, 6) is 0.407. The number of carbonyl (C=O) groups is 2. The number of carbonyl (C=O) groups excluding carboxylic acids is 2. The number of aromatic nitrogens is 4. The number of hydrogen-bond donors (Lipinski definition) is 2. The highest BCUT2D eigenvalue weighted by molar-refractivity contribution is 6.31. The summed E-state index contributed by atoms with van der Waals surface area (Å²) in [5, 5.41) is 6.67. The van der Waals surface area contributed by atoms with Gasteiger partial charge in [-0.3, -0.25) is 14.2 Å². The van der Waals surface area contributed by atoms with Crippen LogP contribution in [0.1, 0.15) is 46.9 Å². The Hall–Kier alpha value is -3.50. The third kappa shape index (κ3) is 6.34. The molecular formula is C24H27ClN6O4. The fourth-order valence-corrected chi connectivity index (χ4v) is 3.96. The number of benzene rings is 1. The smallest absolute Gasteiger partial charge is 0.302 e. The number of aryl methyl sites for hydroxylation is 1. The van der Waals surface area contributed by atoms with E-state index in [1.165, 1.54) is 6.92 Å². The average molecular weight is 499 g/mol. The number of anilines is 1. The number of halogens is 1. The van der Waals surface area contributed by atoms with E-state index >= 15 is 0 Å². The van der Waals surface area contributed by atoms with Crippen LogP contribution in [-0.2, 0) is 27.4 Å². The van der Waals surface area contributed by atoms with Gasteiger partial charge in [0.15, 0.2) is 0 Å². The summed E-state index contributed by atoms with van der Waals surface area (Å²) < 4.78 is 12.2. The fourth-order valence-electron chi connectivity index (χ4n) is 3.71. The first-order valence-corrected chi connectivity index (χ1v) is 11.7. The predicted molar refractivity (Wildman–Crippen MR) is 129 cm³/mol. The number of hydrogen-bond acceptors (Lipinski definition) is 8. The molecule has 184 valence electrons. The molecule has 3 aromatic rings. The lowest BCUT2D eigenvalue weighted by molar-refractivity contribution is -0.142. The molecular weight excluding hydrogens is 472 g/mol. The molecule has 10 nitrogen and oxygen atoms in total. The summed E-state index contributed by atoms with van der Waals surface area (Å²) in [6, 6.07) is 5.57. The van der Waals surface area contributed by atoms with E-state index in [0.29, 0.717) is 22.4 Å². The number of nitrogens with zero attached hydrogens (tertiary/aromatic N) is 4. The molecule has 4 rings (SSSR count). The summed E-state index contributed by atoms with van der Waals surface area (Å²) in [5.41, 5.74) is 2.49. The van der Waals surface area contributed by atoms with Gasteiger partial charge in [-0.15, -0.1) is 0 Å². The van der Waals surface area contributed by atoms with Gasteiger partial charge in [-0.1, -0.05) is 23.7 Å². The van der Waals surface area contributed by atoms with Crippen molar-refractivity contribution < 1.29 is 19.1 Å². The molecule has 3 heterocycles. The normalized spacial score (nSPS) is 13.9. The molecule has 2 aromatic heterocycles. The lowest BCUT2D eigenvalue weighted by Gasteiger charge is -2.23. The molecule has 0 spiro atoms. The van der Waals surface area contributed by atoms with E-state index in [-0.39, 0.29) is 30.8 Å². The van der Waals surface area contributed by atoms with E-state index in [9.17, 15) is 9.59 Å². The maximum Gasteiger partial charge on any atom is 0.302 e. The molecule has 0 radical (unpaired) electrons. The molecule has 0 saturated carbocycles. The highest BCUT2D eigenvalue weighted by Crippen LogP contribution is 2.21. The number of rotatable bonds is 8. The highest BCUT2D eigenvalue weighted by Gasteiger charge is 2.17. The van der Waals surface area contributed by atoms with Crippen molar-refractivity contribution in [1.82, 2.24) is 24.8 Å². The van der Waals surface area contributed by atoms with Crippen LogP contribution >= 0.6 is 11.6 Å². The Balaban J connectivity index is 1.44. The van der Waals surface area contributed by atoms with Gasteiger partial charge in [0.1, 0.15) is 24.4 Å². The van der Waals surface area contributed by atoms with Gasteiger partial charge < -0.3 is 20.1 Å². The predicted octanol–water partition coefficient (Wildman–Crippen LogP) is 3.21. The molecule has 1 amide bonds. The number of ether oxygens (including phenoxy) is 2. The van der Waals surface area contributed by atoms with Gasteiger partial charge in [-0.25, -0.2) is 9.97 Å². The number of amides is 1. The van der Waals surface area contributed by atoms with Crippen molar-refractivity contribution in [2.45, 2.75) is 45.9 Å². The van der Waals surface area contributed by atoms with Crippen molar-refractivity contribution >= 4 is 29.4 Å². The molecule has 1 aliphatic rings. The Kier molecular flexibility index (Phi) is 7.94. The monoisotopic (exact) mass is 498 g/mol. The van der Waals surface area contributed by atoms with E-state index in [2.05, 4.69) is 25.6 Å². The van der Waals surface area contributed by atoms with Crippen LogP contribution in [0.25, 0.3) is 5.82 Å². The Morgan fingerprint density at radius 3 is 2.83 bits per heavy atom. The van der Waals surface area contributed by atoms with Gasteiger partial charge in [0, 0.05) is 61.3 Å². The molecule has 0 aliphatic carbocycles. The van der Waals surface area contributed by atoms with Gasteiger partial charge in [-0.2, -0.15) is 4.98 Å². The Morgan fingerprint density at radius 2 is 2.06 bits per heavy atom. The van der Waals surface area contributed by atoms with E-state index in [1.807, 2.05) is 13.0 Å². The minimum atomic E-state index is -0.406. The summed E-state index contributed by atoms with van der Waals surface area (Å²) in [4.78, 5) is 37.2. The second-order valence-electron chi connectivity index (χ2n) is 8.24. The van der Waals surface area contributed by atoms with Crippen LogP contribution in [0.5, 0.6) is 0 Å². The topological polar surface area (TPSA) is 120 Å². The van der Waals surface area contributed by atoms with Crippen LogP contribution in [0.15, 0.2) is 36.9 Å².